The number of amides is 1. The van der Waals surface area contributed by atoms with Gasteiger partial charge in [0.2, 0.25) is 10.0 Å². The summed E-state index contributed by atoms with van der Waals surface area (Å²) in [5, 5.41) is 4.63. The van der Waals surface area contributed by atoms with E-state index < -0.39 is 22.5 Å². The van der Waals surface area contributed by atoms with Gasteiger partial charge in [-0.2, -0.15) is 9.41 Å². The van der Waals surface area contributed by atoms with Crippen LogP contribution in [0.1, 0.15) is 11.1 Å². The Hall–Kier alpha value is -2.71. The fourth-order valence-electron chi connectivity index (χ4n) is 2.72. The zero-order chi connectivity index (χ0) is 22.3. The molecule has 0 aliphatic carbocycles. The molecule has 0 radical (unpaired) electrons. The third-order valence-electron chi connectivity index (χ3n) is 4.27. The second kappa shape index (κ2) is 10.5. The van der Waals surface area contributed by atoms with Crippen LogP contribution in [0.3, 0.4) is 0 Å². The van der Waals surface area contributed by atoms with E-state index in [1.807, 2.05) is 30.3 Å². The van der Waals surface area contributed by atoms with Crippen LogP contribution < -0.4 is 5.43 Å². The summed E-state index contributed by atoms with van der Waals surface area (Å²) in [5.74, 6) is -0.586. The van der Waals surface area contributed by atoms with Crippen molar-refractivity contribution in [3.05, 3.63) is 100 Å². The van der Waals surface area contributed by atoms with Crippen LogP contribution in [-0.4, -0.2) is 31.4 Å². The van der Waals surface area contributed by atoms with Crippen LogP contribution in [0, 0.1) is 0 Å². The summed E-state index contributed by atoms with van der Waals surface area (Å²) in [6.07, 6.45) is 1.48. The Morgan fingerprint density at radius 3 is 2.26 bits per heavy atom. The lowest BCUT2D eigenvalue weighted by molar-refractivity contribution is -0.121. The van der Waals surface area contributed by atoms with Crippen molar-refractivity contribution in [2.75, 3.05) is 6.54 Å². The lowest BCUT2D eigenvalue weighted by Gasteiger charge is -2.22. The predicted molar refractivity (Wildman–Crippen MR) is 123 cm³/mol. The molecule has 0 heterocycles. The summed E-state index contributed by atoms with van der Waals surface area (Å²) in [4.78, 5) is 12.5. The smallest absolute Gasteiger partial charge is 0.255 e. The molecular weight excluding hydrogens is 457 g/mol. The Morgan fingerprint density at radius 1 is 0.968 bits per heavy atom. The number of carbonyl (C=O) groups excluding carboxylic acids is 1. The zero-order valence-electron chi connectivity index (χ0n) is 16.3. The van der Waals surface area contributed by atoms with Crippen molar-refractivity contribution in [3.8, 4) is 0 Å². The minimum absolute atomic E-state index is 0.0701. The molecule has 0 saturated heterocycles. The molecule has 1 N–H and O–H groups in total. The highest BCUT2D eigenvalue weighted by Gasteiger charge is 2.27. The number of hydrazone groups is 1. The number of rotatable bonds is 8. The Balaban J connectivity index is 1.81. The Bertz CT molecular complexity index is 1170. The summed E-state index contributed by atoms with van der Waals surface area (Å²) < 4.78 is 27.4. The molecule has 160 valence electrons. The maximum atomic E-state index is 13.2. The highest BCUT2D eigenvalue weighted by atomic mass is 35.5. The average Bonchev–Trinajstić information content (AvgIpc) is 2.76. The van der Waals surface area contributed by atoms with Crippen molar-refractivity contribution in [2.45, 2.75) is 11.4 Å². The first-order chi connectivity index (χ1) is 14.9. The Labute approximate surface area is 191 Å². The normalized spacial score (nSPS) is 11.7. The third-order valence-corrected chi connectivity index (χ3v) is 6.66. The predicted octanol–water partition coefficient (Wildman–Crippen LogP) is 4.33. The van der Waals surface area contributed by atoms with E-state index in [1.165, 1.54) is 24.4 Å². The molecule has 0 fully saturated rings. The van der Waals surface area contributed by atoms with Gasteiger partial charge in [0.15, 0.2) is 0 Å². The van der Waals surface area contributed by atoms with Crippen LogP contribution in [0.25, 0.3) is 0 Å². The van der Waals surface area contributed by atoms with Crippen LogP contribution in [0.4, 0.5) is 0 Å². The number of benzene rings is 3. The molecule has 0 atom stereocenters. The second-order valence-corrected chi connectivity index (χ2v) is 9.31. The quantitative estimate of drug-likeness (QED) is 0.388. The van der Waals surface area contributed by atoms with Crippen molar-refractivity contribution in [1.82, 2.24) is 9.73 Å². The molecule has 0 bridgehead atoms. The molecule has 0 unspecified atom stereocenters. The lowest BCUT2D eigenvalue weighted by Crippen LogP contribution is -2.39. The van der Waals surface area contributed by atoms with Gasteiger partial charge in [0.1, 0.15) is 0 Å². The van der Waals surface area contributed by atoms with Gasteiger partial charge in [0, 0.05) is 16.6 Å². The molecule has 0 aromatic heterocycles. The van der Waals surface area contributed by atoms with E-state index in [2.05, 4.69) is 10.5 Å². The second-order valence-electron chi connectivity index (χ2n) is 6.53. The molecule has 3 rings (SSSR count). The number of hydrogen-bond donors (Lipinski definition) is 1. The summed E-state index contributed by atoms with van der Waals surface area (Å²) in [5.41, 5.74) is 3.68. The Morgan fingerprint density at radius 2 is 1.61 bits per heavy atom. The molecule has 0 aliphatic rings. The van der Waals surface area contributed by atoms with Crippen LogP contribution >= 0.6 is 23.2 Å². The fourth-order valence-corrected chi connectivity index (χ4v) is 4.58. The molecule has 6 nitrogen and oxygen atoms in total. The van der Waals surface area contributed by atoms with Gasteiger partial charge >= 0.3 is 0 Å². The van der Waals surface area contributed by atoms with E-state index in [9.17, 15) is 13.2 Å². The monoisotopic (exact) mass is 475 g/mol. The molecule has 0 aliphatic heterocycles. The summed E-state index contributed by atoms with van der Waals surface area (Å²) >= 11 is 12.2. The van der Waals surface area contributed by atoms with Crippen molar-refractivity contribution < 1.29 is 13.2 Å². The average molecular weight is 476 g/mol. The standard InChI is InChI=1S/C22H19Cl2N3O3S/c23-19-12-11-18(21(24)13-19)15-27(31(29,30)20-9-5-2-6-10-20)16-22(28)26-25-14-17-7-3-1-4-8-17/h1-14H,15-16H2,(H,26,28)/b25-14-. The highest BCUT2D eigenvalue weighted by Crippen LogP contribution is 2.25. The first-order valence-corrected chi connectivity index (χ1v) is 11.4. The fraction of sp³-hybridized carbons (Fsp3) is 0.0909. The Kier molecular flexibility index (Phi) is 7.81. The topological polar surface area (TPSA) is 78.8 Å². The molecule has 0 saturated carbocycles. The van der Waals surface area contributed by atoms with Gasteiger partial charge in [0.25, 0.3) is 5.91 Å². The number of halogens is 2. The number of nitrogens with zero attached hydrogens (tertiary/aromatic N) is 2. The molecule has 0 spiro atoms. The van der Waals surface area contributed by atoms with Gasteiger partial charge in [-0.1, -0.05) is 77.8 Å². The zero-order valence-corrected chi connectivity index (χ0v) is 18.6. The van der Waals surface area contributed by atoms with Gasteiger partial charge in [-0.15, -0.1) is 0 Å². The van der Waals surface area contributed by atoms with E-state index in [1.54, 1.807) is 30.3 Å². The van der Waals surface area contributed by atoms with Gasteiger partial charge in [0.05, 0.1) is 17.7 Å². The summed E-state index contributed by atoms with van der Waals surface area (Å²) in [6, 6.07) is 21.8. The van der Waals surface area contributed by atoms with Gasteiger partial charge in [-0.25, -0.2) is 13.8 Å². The van der Waals surface area contributed by atoms with Crippen LogP contribution in [0.5, 0.6) is 0 Å². The van der Waals surface area contributed by atoms with Crippen LogP contribution in [0.2, 0.25) is 10.0 Å². The summed E-state index contributed by atoms with van der Waals surface area (Å²) in [6.45, 7) is -0.550. The van der Waals surface area contributed by atoms with E-state index in [0.29, 0.717) is 15.6 Å². The van der Waals surface area contributed by atoms with Gasteiger partial charge in [-0.3, -0.25) is 4.79 Å². The number of sulfonamides is 1. The highest BCUT2D eigenvalue weighted by molar-refractivity contribution is 7.89. The van der Waals surface area contributed by atoms with E-state index in [0.717, 1.165) is 9.87 Å². The van der Waals surface area contributed by atoms with E-state index in [4.69, 9.17) is 23.2 Å². The van der Waals surface area contributed by atoms with E-state index in [-0.39, 0.29) is 11.4 Å². The minimum Gasteiger partial charge on any atom is -0.272 e. The van der Waals surface area contributed by atoms with Crippen LogP contribution in [-0.2, 0) is 21.4 Å². The third kappa shape index (κ3) is 6.38. The molecule has 31 heavy (non-hydrogen) atoms. The van der Waals surface area contributed by atoms with Crippen molar-refractivity contribution in [3.63, 3.8) is 0 Å². The summed E-state index contributed by atoms with van der Waals surface area (Å²) in [7, 11) is -3.97. The number of carbonyl (C=O) groups is 1. The molecule has 9 heteroatoms. The van der Waals surface area contributed by atoms with Crippen molar-refractivity contribution >= 4 is 45.3 Å². The molecule has 3 aromatic carbocycles. The molecule has 3 aromatic rings. The first kappa shape index (κ1) is 23.0. The molecule has 1 amide bonds. The van der Waals surface area contributed by atoms with Gasteiger partial charge in [-0.05, 0) is 35.4 Å². The van der Waals surface area contributed by atoms with E-state index >= 15 is 0 Å². The van der Waals surface area contributed by atoms with Crippen molar-refractivity contribution in [1.29, 1.82) is 0 Å². The minimum atomic E-state index is -3.97. The maximum absolute atomic E-state index is 13.2. The number of hydrogen-bond acceptors (Lipinski definition) is 4. The maximum Gasteiger partial charge on any atom is 0.255 e. The number of nitrogens with one attached hydrogen (secondary N) is 1. The van der Waals surface area contributed by atoms with Crippen LogP contribution in [0.15, 0.2) is 88.9 Å². The SMILES string of the molecule is O=C(CN(Cc1ccc(Cl)cc1Cl)S(=O)(=O)c1ccccc1)N/N=C\c1ccccc1. The largest absolute Gasteiger partial charge is 0.272 e. The van der Waals surface area contributed by atoms with Gasteiger partial charge < -0.3 is 0 Å². The van der Waals surface area contributed by atoms with Crippen molar-refractivity contribution in [2.24, 2.45) is 5.10 Å². The first-order valence-electron chi connectivity index (χ1n) is 9.22. The molecular formula is C22H19Cl2N3O3S. The lowest BCUT2D eigenvalue weighted by atomic mass is 10.2.